The predicted octanol–water partition coefficient (Wildman–Crippen LogP) is 1.99. The number of aromatic nitrogens is 2. The molecule has 0 atom stereocenters. The summed E-state index contributed by atoms with van der Waals surface area (Å²) in [6.07, 6.45) is 4.26. The standard InChI is InChI=1S/C16H17N5OS/c1-21-13-6-2-3-7-14(13)23-16(21)20-19-15(22)18-10-8-12-5-4-9-17-11-12/h2-7,9,11H,8,10H2,1H3,(H2,18,19,22)/b20-16+. The zero-order valence-corrected chi connectivity index (χ0v) is 13.5. The third kappa shape index (κ3) is 3.75. The molecule has 3 rings (SSSR count). The van der Waals surface area contributed by atoms with Crippen LogP contribution in [-0.4, -0.2) is 22.1 Å². The van der Waals surface area contributed by atoms with Crippen LogP contribution in [0.3, 0.4) is 0 Å². The molecule has 0 aliphatic heterocycles. The Morgan fingerprint density at radius 3 is 2.96 bits per heavy atom. The van der Waals surface area contributed by atoms with Gasteiger partial charge in [-0.2, -0.15) is 0 Å². The molecule has 0 unspecified atom stereocenters. The number of hydrogen-bond acceptors (Lipinski definition) is 4. The van der Waals surface area contributed by atoms with E-state index in [0.29, 0.717) is 6.54 Å². The molecule has 23 heavy (non-hydrogen) atoms. The summed E-state index contributed by atoms with van der Waals surface area (Å²) in [6, 6.07) is 11.6. The Hall–Kier alpha value is -2.67. The first-order chi connectivity index (χ1) is 11.2. The Bertz CT molecular complexity index is 869. The molecule has 118 valence electrons. The van der Waals surface area contributed by atoms with Crippen LogP contribution in [0.25, 0.3) is 10.2 Å². The van der Waals surface area contributed by atoms with E-state index in [0.717, 1.165) is 27.0 Å². The highest BCUT2D eigenvalue weighted by Gasteiger charge is 2.02. The number of fused-ring (bicyclic) bond motifs is 1. The summed E-state index contributed by atoms with van der Waals surface area (Å²) in [5.41, 5.74) is 4.71. The maximum atomic E-state index is 11.8. The van der Waals surface area contributed by atoms with Crippen molar-refractivity contribution in [2.45, 2.75) is 6.42 Å². The molecule has 0 aliphatic rings. The SMILES string of the molecule is Cn1/c(=N\NC(=O)NCCc2cccnc2)sc2ccccc21. The van der Waals surface area contributed by atoms with E-state index in [1.807, 2.05) is 48.0 Å². The highest BCUT2D eigenvalue weighted by molar-refractivity contribution is 7.16. The molecular formula is C16H17N5OS. The number of carbonyl (C=O) groups is 1. The Labute approximate surface area is 137 Å². The minimum atomic E-state index is -0.314. The molecule has 0 bridgehead atoms. The Kier molecular flexibility index (Phi) is 4.68. The van der Waals surface area contributed by atoms with E-state index in [2.05, 4.69) is 20.8 Å². The van der Waals surface area contributed by atoms with Gasteiger partial charge in [0, 0.05) is 26.0 Å². The molecular weight excluding hydrogens is 310 g/mol. The number of pyridine rings is 1. The Balaban J connectivity index is 1.58. The van der Waals surface area contributed by atoms with Crippen molar-refractivity contribution in [1.82, 2.24) is 20.3 Å². The monoisotopic (exact) mass is 327 g/mol. The van der Waals surface area contributed by atoms with E-state index in [-0.39, 0.29) is 6.03 Å². The van der Waals surface area contributed by atoms with E-state index < -0.39 is 0 Å². The zero-order chi connectivity index (χ0) is 16.1. The highest BCUT2D eigenvalue weighted by atomic mass is 32.1. The predicted molar refractivity (Wildman–Crippen MR) is 90.8 cm³/mol. The summed E-state index contributed by atoms with van der Waals surface area (Å²) in [7, 11) is 1.93. The number of carbonyl (C=O) groups excluding carboxylic acids is 1. The Morgan fingerprint density at radius 2 is 2.17 bits per heavy atom. The van der Waals surface area contributed by atoms with Crippen LogP contribution in [0.4, 0.5) is 4.79 Å². The summed E-state index contributed by atoms with van der Waals surface area (Å²) < 4.78 is 3.09. The molecule has 3 aromatic rings. The number of urea groups is 1. The molecule has 2 N–H and O–H groups in total. The summed E-state index contributed by atoms with van der Waals surface area (Å²) in [6.45, 7) is 0.533. The number of nitrogens with zero attached hydrogens (tertiary/aromatic N) is 3. The van der Waals surface area contributed by atoms with E-state index in [1.54, 1.807) is 12.4 Å². The van der Waals surface area contributed by atoms with Crippen molar-refractivity contribution in [3.8, 4) is 0 Å². The molecule has 0 fully saturated rings. The molecule has 2 heterocycles. The maximum Gasteiger partial charge on any atom is 0.335 e. The fourth-order valence-electron chi connectivity index (χ4n) is 2.19. The van der Waals surface area contributed by atoms with Gasteiger partial charge in [0.05, 0.1) is 10.2 Å². The number of hydrogen-bond donors (Lipinski definition) is 2. The summed E-state index contributed by atoms with van der Waals surface area (Å²) in [4.78, 5) is 16.6. The third-order valence-electron chi connectivity index (χ3n) is 3.39. The van der Waals surface area contributed by atoms with Crippen molar-refractivity contribution in [3.63, 3.8) is 0 Å². The third-order valence-corrected chi connectivity index (χ3v) is 4.50. The second kappa shape index (κ2) is 7.06. The van der Waals surface area contributed by atoms with Crippen LogP contribution < -0.4 is 15.5 Å². The lowest BCUT2D eigenvalue weighted by Crippen LogP contribution is -2.35. The van der Waals surface area contributed by atoms with Crippen LogP contribution in [0, 0.1) is 0 Å². The smallest absolute Gasteiger partial charge is 0.335 e. The van der Waals surface area contributed by atoms with Crippen LogP contribution in [0.15, 0.2) is 53.9 Å². The van der Waals surface area contributed by atoms with Gasteiger partial charge in [-0.25, -0.2) is 10.2 Å². The topological polar surface area (TPSA) is 71.3 Å². The number of nitrogens with one attached hydrogen (secondary N) is 2. The van der Waals surface area contributed by atoms with Gasteiger partial charge in [0.1, 0.15) is 0 Å². The molecule has 6 nitrogen and oxygen atoms in total. The molecule has 0 radical (unpaired) electrons. The van der Waals surface area contributed by atoms with Crippen molar-refractivity contribution in [1.29, 1.82) is 0 Å². The number of amides is 2. The van der Waals surface area contributed by atoms with Crippen molar-refractivity contribution >= 4 is 27.6 Å². The maximum absolute atomic E-state index is 11.8. The normalized spacial score (nSPS) is 11.6. The first-order valence-electron chi connectivity index (χ1n) is 7.25. The van der Waals surface area contributed by atoms with E-state index in [4.69, 9.17) is 0 Å². The summed E-state index contributed by atoms with van der Waals surface area (Å²) in [5.74, 6) is 0. The number of aryl methyl sites for hydroxylation is 1. The number of para-hydroxylation sites is 1. The van der Waals surface area contributed by atoms with Gasteiger partial charge in [0.2, 0.25) is 4.80 Å². The van der Waals surface area contributed by atoms with Gasteiger partial charge in [-0.15, -0.1) is 5.10 Å². The van der Waals surface area contributed by atoms with Crippen LogP contribution >= 0.6 is 11.3 Å². The van der Waals surface area contributed by atoms with E-state index in [1.165, 1.54) is 11.3 Å². The fraction of sp³-hybridized carbons (Fsp3) is 0.188. The molecule has 2 amide bonds. The number of benzene rings is 1. The fourth-order valence-corrected chi connectivity index (χ4v) is 3.17. The molecule has 7 heteroatoms. The molecule has 2 aromatic heterocycles. The average Bonchev–Trinajstić information content (AvgIpc) is 2.90. The number of rotatable bonds is 4. The van der Waals surface area contributed by atoms with Crippen LogP contribution in [-0.2, 0) is 13.5 Å². The molecule has 0 spiro atoms. The first kappa shape index (κ1) is 15.2. The number of thiazole rings is 1. The lowest BCUT2D eigenvalue weighted by atomic mass is 10.2. The van der Waals surface area contributed by atoms with Crippen LogP contribution in [0.1, 0.15) is 5.56 Å². The Morgan fingerprint density at radius 1 is 1.30 bits per heavy atom. The van der Waals surface area contributed by atoms with Crippen molar-refractivity contribution in [2.24, 2.45) is 12.1 Å². The second-order valence-electron chi connectivity index (χ2n) is 5.00. The average molecular weight is 327 g/mol. The van der Waals surface area contributed by atoms with Gasteiger partial charge < -0.3 is 9.88 Å². The van der Waals surface area contributed by atoms with Crippen molar-refractivity contribution in [3.05, 3.63) is 59.2 Å². The van der Waals surface area contributed by atoms with Gasteiger partial charge in [-0.05, 0) is 30.2 Å². The second-order valence-corrected chi connectivity index (χ2v) is 6.01. The molecule has 0 saturated carbocycles. The minimum Gasteiger partial charge on any atom is -0.336 e. The van der Waals surface area contributed by atoms with Gasteiger partial charge in [0.25, 0.3) is 0 Å². The molecule has 0 aliphatic carbocycles. The van der Waals surface area contributed by atoms with Gasteiger partial charge in [-0.3, -0.25) is 4.98 Å². The highest BCUT2D eigenvalue weighted by Crippen LogP contribution is 2.14. The van der Waals surface area contributed by atoms with Crippen LogP contribution in [0.2, 0.25) is 0 Å². The first-order valence-corrected chi connectivity index (χ1v) is 8.07. The zero-order valence-electron chi connectivity index (χ0n) is 12.7. The minimum absolute atomic E-state index is 0.314. The lowest BCUT2D eigenvalue weighted by molar-refractivity contribution is 0.241. The molecule has 0 saturated heterocycles. The quantitative estimate of drug-likeness (QED) is 0.720. The van der Waals surface area contributed by atoms with Gasteiger partial charge in [-0.1, -0.05) is 29.5 Å². The van der Waals surface area contributed by atoms with Crippen LogP contribution in [0.5, 0.6) is 0 Å². The summed E-state index contributed by atoms with van der Waals surface area (Å²) in [5, 5.41) is 6.95. The van der Waals surface area contributed by atoms with E-state index >= 15 is 0 Å². The van der Waals surface area contributed by atoms with Crippen molar-refractivity contribution in [2.75, 3.05) is 6.54 Å². The van der Waals surface area contributed by atoms with Gasteiger partial charge >= 0.3 is 6.03 Å². The lowest BCUT2D eigenvalue weighted by Gasteiger charge is -2.03. The molecule has 1 aromatic carbocycles. The summed E-state index contributed by atoms with van der Waals surface area (Å²) >= 11 is 1.53. The largest absolute Gasteiger partial charge is 0.336 e. The van der Waals surface area contributed by atoms with Gasteiger partial charge in [0.15, 0.2) is 0 Å². The van der Waals surface area contributed by atoms with Crippen molar-refractivity contribution < 1.29 is 4.79 Å². The van der Waals surface area contributed by atoms with E-state index in [9.17, 15) is 4.79 Å².